The molecular formula is C14H16ClNO4. The number of ether oxygens (including phenoxy) is 2. The monoisotopic (exact) mass is 297 g/mol. The molecule has 2 aromatic rings. The molecule has 0 aliphatic rings. The molecule has 20 heavy (non-hydrogen) atoms. The first-order chi connectivity index (χ1) is 9.60. The van der Waals surface area contributed by atoms with Gasteiger partial charge in [0.2, 0.25) is 0 Å². The fraction of sp³-hybridized carbons (Fsp3) is 0.357. The number of hydrogen-bond acceptors (Lipinski definition) is 5. The van der Waals surface area contributed by atoms with Gasteiger partial charge in [0.1, 0.15) is 24.7 Å². The van der Waals surface area contributed by atoms with Crippen molar-refractivity contribution >= 4 is 11.6 Å². The molecule has 6 heteroatoms. The van der Waals surface area contributed by atoms with Gasteiger partial charge in [-0.15, -0.1) is 0 Å². The van der Waals surface area contributed by atoms with Crippen molar-refractivity contribution in [3.63, 3.8) is 0 Å². The molecule has 108 valence electrons. The van der Waals surface area contributed by atoms with Crippen LogP contribution in [0.25, 0.3) is 0 Å². The van der Waals surface area contributed by atoms with Gasteiger partial charge < -0.3 is 19.1 Å². The minimum Gasteiger partial charge on any atom is -0.486 e. The highest BCUT2D eigenvalue weighted by molar-refractivity contribution is 6.32. The van der Waals surface area contributed by atoms with Crippen molar-refractivity contribution in [2.45, 2.75) is 26.2 Å². The van der Waals surface area contributed by atoms with Crippen LogP contribution in [0, 0.1) is 0 Å². The maximum atomic E-state index is 9.47. The number of halogens is 1. The molecule has 0 amide bonds. The van der Waals surface area contributed by atoms with E-state index in [4.69, 9.17) is 25.6 Å². The molecule has 1 atom stereocenters. The lowest BCUT2D eigenvalue weighted by molar-refractivity contribution is 0.155. The average molecular weight is 298 g/mol. The Balaban J connectivity index is 1.99. The number of aliphatic hydroxyl groups excluding tert-OH is 1. The Labute approximate surface area is 122 Å². The van der Waals surface area contributed by atoms with Gasteiger partial charge >= 0.3 is 0 Å². The van der Waals surface area contributed by atoms with Crippen molar-refractivity contribution < 1.29 is 19.1 Å². The van der Waals surface area contributed by atoms with Gasteiger partial charge in [0, 0.05) is 13.2 Å². The summed E-state index contributed by atoms with van der Waals surface area (Å²) in [6.45, 7) is 2.30. The standard InChI is InChI=1S/C14H16ClNO4/c1-9(17)10-3-4-14(13(15)5-10)19-7-11-6-12(8-18-2)20-16-11/h3-6,9,17H,7-8H2,1-2H3/t9-/m1/s1. The lowest BCUT2D eigenvalue weighted by Gasteiger charge is -2.09. The molecular weight excluding hydrogens is 282 g/mol. The highest BCUT2D eigenvalue weighted by Crippen LogP contribution is 2.28. The van der Waals surface area contributed by atoms with Gasteiger partial charge in [-0.1, -0.05) is 22.8 Å². The van der Waals surface area contributed by atoms with Gasteiger partial charge in [0.05, 0.1) is 11.1 Å². The average Bonchev–Trinajstić information content (AvgIpc) is 2.85. The second-order valence-electron chi connectivity index (χ2n) is 4.37. The van der Waals surface area contributed by atoms with Gasteiger partial charge in [-0.25, -0.2) is 0 Å². The molecule has 1 N–H and O–H groups in total. The molecule has 0 aliphatic heterocycles. The minimum atomic E-state index is -0.561. The zero-order valence-electron chi connectivity index (χ0n) is 11.3. The normalized spacial score (nSPS) is 12.4. The SMILES string of the molecule is COCc1cc(COc2ccc([C@@H](C)O)cc2Cl)no1. The second-order valence-corrected chi connectivity index (χ2v) is 4.78. The Morgan fingerprint density at radius 3 is 2.80 bits per heavy atom. The van der Waals surface area contributed by atoms with Crippen LogP contribution in [0.1, 0.15) is 30.0 Å². The highest BCUT2D eigenvalue weighted by atomic mass is 35.5. The summed E-state index contributed by atoms with van der Waals surface area (Å²) in [7, 11) is 1.59. The fourth-order valence-corrected chi connectivity index (χ4v) is 1.92. The first-order valence-corrected chi connectivity index (χ1v) is 6.51. The first kappa shape index (κ1) is 14.8. The number of benzene rings is 1. The van der Waals surface area contributed by atoms with Crippen molar-refractivity contribution in [3.8, 4) is 5.75 Å². The van der Waals surface area contributed by atoms with Crippen LogP contribution >= 0.6 is 11.6 Å². The number of methoxy groups -OCH3 is 1. The number of hydrogen-bond donors (Lipinski definition) is 1. The lowest BCUT2D eigenvalue weighted by atomic mass is 10.1. The van der Waals surface area contributed by atoms with E-state index in [1.54, 1.807) is 38.3 Å². The lowest BCUT2D eigenvalue weighted by Crippen LogP contribution is -1.97. The summed E-state index contributed by atoms with van der Waals surface area (Å²) >= 11 is 6.09. The molecule has 0 spiro atoms. The Kier molecular flexibility index (Phi) is 5.00. The van der Waals surface area contributed by atoms with Crippen molar-refractivity contribution in [1.82, 2.24) is 5.16 Å². The third-order valence-corrected chi connectivity index (χ3v) is 3.00. The van der Waals surface area contributed by atoms with Crippen LogP contribution in [-0.4, -0.2) is 17.4 Å². The molecule has 1 aromatic heterocycles. The Hall–Kier alpha value is -1.56. The quantitative estimate of drug-likeness (QED) is 0.887. The third-order valence-electron chi connectivity index (χ3n) is 2.71. The van der Waals surface area contributed by atoms with Gasteiger partial charge in [-0.05, 0) is 24.6 Å². The Morgan fingerprint density at radius 1 is 1.35 bits per heavy atom. The zero-order valence-corrected chi connectivity index (χ0v) is 12.1. The summed E-state index contributed by atoms with van der Waals surface area (Å²) in [5.74, 6) is 1.18. The summed E-state index contributed by atoms with van der Waals surface area (Å²) in [6.07, 6.45) is -0.561. The smallest absolute Gasteiger partial charge is 0.162 e. The summed E-state index contributed by atoms with van der Waals surface area (Å²) in [6, 6.07) is 6.94. The van der Waals surface area contributed by atoms with E-state index >= 15 is 0 Å². The summed E-state index contributed by atoms with van der Waals surface area (Å²) < 4.78 is 15.6. The molecule has 0 bridgehead atoms. The Bertz CT molecular complexity index is 568. The highest BCUT2D eigenvalue weighted by Gasteiger charge is 2.09. The van der Waals surface area contributed by atoms with Gasteiger partial charge in [0.25, 0.3) is 0 Å². The molecule has 0 saturated heterocycles. The van der Waals surface area contributed by atoms with Crippen molar-refractivity contribution in [3.05, 3.63) is 46.3 Å². The topological polar surface area (TPSA) is 64.7 Å². The van der Waals surface area contributed by atoms with E-state index < -0.39 is 6.10 Å². The third kappa shape index (κ3) is 3.72. The first-order valence-electron chi connectivity index (χ1n) is 6.14. The van der Waals surface area contributed by atoms with E-state index in [-0.39, 0.29) is 6.61 Å². The van der Waals surface area contributed by atoms with Crippen LogP contribution in [0.4, 0.5) is 0 Å². The van der Waals surface area contributed by atoms with Gasteiger partial charge in [-0.2, -0.15) is 0 Å². The fourth-order valence-electron chi connectivity index (χ4n) is 1.68. The zero-order chi connectivity index (χ0) is 14.5. The molecule has 1 heterocycles. The van der Waals surface area contributed by atoms with Crippen molar-refractivity contribution in [2.24, 2.45) is 0 Å². The summed E-state index contributed by atoms with van der Waals surface area (Å²) in [4.78, 5) is 0. The van der Waals surface area contributed by atoms with Gasteiger partial charge in [0.15, 0.2) is 5.76 Å². The van der Waals surface area contributed by atoms with Crippen molar-refractivity contribution in [1.29, 1.82) is 0 Å². The van der Waals surface area contributed by atoms with Crippen LogP contribution in [0.5, 0.6) is 5.75 Å². The maximum Gasteiger partial charge on any atom is 0.162 e. The molecule has 2 rings (SSSR count). The largest absolute Gasteiger partial charge is 0.486 e. The molecule has 5 nitrogen and oxygen atoms in total. The molecule has 0 aliphatic carbocycles. The molecule has 0 saturated carbocycles. The molecule has 0 unspecified atom stereocenters. The summed E-state index contributed by atoms with van der Waals surface area (Å²) in [5, 5.41) is 13.8. The van der Waals surface area contributed by atoms with E-state index in [0.29, 0.717) is 28.8 Å². The predicted molar refractivity (Wildman–Crippen MR) is 73.6 cm³/mol. The van der Waals surface area contributed by atoms with E-state index in [1.165, 1.54) is 0 Å². The van der Waals surface area contributed by atoms with E-state index in [2.05, 4.69) is 5.16 Å². The van der Waals surface area contributed by atoms with Gasteiger partial charge in [-0.3, -0.25) is 0 Å². The van der Waals surface area contributed by atoms with E-state index in [1.807, 2.05) is 0 Å². The van der Waals surface area contributed by atoms with Crippen LogP contribution in [0.2, 0.25) is 5.02 Å². The number of rotatable bonds is 6. The van der Waals surface area contributed by atoms with Crippen LogP contribution in [0.3, 0.4) is 0 Å². The summed E-state index contributed by atoms with van der Waals surface area (Å²) in [5.41, 5.74) is 1.40. The number of nitrogens with zero attached hydrogens (tertiary/aromatic N) is 1. The van der Waals surface area contributed by atoms with E-state index in [9.17, 15) is 5.11 Å². The second kappa shape index (κ2) is 6.74. The predicted octanol–water partition coefficient (Wildman–Crippen LogP) is 3.11. The molecule has 0 radical (unpaired) electrons. The maximum absolute atomic E-state index is 9.47. The van der Waals surface area contributed by atoms with Crippen molar-refractivity contribution in [2.75, 3.05) is 7.11 Å². The number of aromatic nitrogens is 1. The van der Waals surface area contributed by atoms with Crippen LogP contribution in [0.15, 0.2) is 28.8 Å². The van der Waals surface area contributed by atoms with Crippen LogP contribution < -0.4 is 4.74 Å². The van der Waals surface area contributed by atoms with Crippen LogP contribution in [-0.2, 0) is 18.0 Å². The molecule has 1 aromatic carbocycles. The Morgan fingerprint density at radius 2 is 2.15 bits per heavy atom. The number of aliphatic hydroxyl groups is 1. The minimum absolute atomic E-state index is 0.251. The molecule has 0 fully saturated rings. The van der Waals surface area contributed by atoms with E-state index in [0.717, 1.165) is 5.56 Å².